The van der Waals surface area contributed by atoms with Crippen LogP contribution < -0.4 is 5.32 Å². The summed E-state index contributed by atoms with van der Waals surface area (Å²) in [7, 11) is 0. The van der Waals surface area contributed by atoms with Crippen molar-refractivity contribution in [1.29, 1.82) is 0 Å². The van der Waals surface area contributed by atoms with Crippen LogP contribution in [-0.2, 0) is 11.3 Å². The predicted molar refractivity (Wildman–Crippen MR) is 129 cm³/mol. The first-order chi connectivity index (χ1) is 16.4. The van der Waals surface area contributed by atoms with E-state index < -0.39 is 11.7 Å². The molecule has 5 nitrogen and oxygen atoms in total. The molecule has 4 rings (SSSR count). The molecule has 1 N–H and O–H groups in total. The standard InChI is InChI=1S/C25H26ClF2N3O2S/c1-16-24(34-15-30-16)22(13-29-25(32)23-20(26)3-2-4-21(23)28)31-11-9-19(10-12-31)33-14-17-5-7-18(27)8-6-17/h2-8,15,19,22H,9-14H2,1H3,(H,29,32). The Balaban J connectivity index is 1.38. The quantitative estimate of drug-likeness (QED) is 0.437. The Kier molecular flexibility index (Phi) is 8.26. The molecule has 3 aromatic rings. The van der Waals surface area contributed by atoms with Gasteiger partial charge in [-0.05, 0) is 49.6 Å². The first-order valence-corrected chi connectivity index (χ1v) is 12.4. The number of likely N-dealkylation sites (tertiary alicyclic amines) is 1. The van der Waals surface area contributed by atoms with Gasteiger partial charge in [0, 0.05) is 24.5 Å². The number of ether oxygens (including phenoxy) is 1. The second-order valence-corrected chi connectivity index (χ2v) is 9.59. The van der Waals surface area contributed by atoms with E-state index in [2.05, 4.69) is 15.2 Å². The number of hydrogen-bond donors (Lipinski definition) is 1. The van der Waals surface area contributed by atoms with Crippen molar-refractivity contribution in [3.8, 4) is 0 Å². The number of piperidine rings is 1. The number of nitrogens with one attached hydrogen (secondary N) is 1. The van der Waals surface area contributed by atoms with E-state index in [0.29, 0.717) is 13.2 Å². The van der Waals surface area contributed by atoms with Crippen LogP contribution in [0.25, 0.3) is 0 Å². The van der Waals surface area contributed by atoms with E-state index in [0.717, 1.165) is 42.1 Å². The SMILES string of the molecule is Cc1ncsc1C(CNC(=O)c1c(F)cccc1Cl)N1CCC(OCc2ccc(F)cc2)CC1. The number of aryl methyl sites for hydroxylation is 1. The summed E-state index contributed by atoms with van der Waals surface area (Å²) in [5.74, 6) is -1.44. The lowest BCUT2D eigenvalue weighted by molar-refractivity contribution is -0.0110. The van der Waals surface area contributed by atoms with Crippen LogP contribution in [0.1, 0.15) is 45.4 Å². The zero-order chi connectivity index (χ0) is 24.1. The van der Waals surface area contributed by atoms with Crippen LogP contribution in [0.5, 0.6) is 0 Å². The fourth-order valence-electron chi connectivity index (χ4n) is 4.16. The molecule has 1 fully saturated rings. The molecule has 9 heteroatoms. The minimum Gasteiger partial charge on any atom is -0.373 e. The van der Waals surface area contributed by atoms with Gasteiger partial charge in [0.2, 0.25) is 0 Å². The molecule has 1 aliphatic rings. The summed E-state index contributed by atoms with van der Waals surface area (Å²) in [6.45, 7) is 4.28. The van der Waals surface area contributed by atoms with Crippen LogP contribution in [0.2, 0.25) is 5.02 Å². The van der Waals surface area contributed by atoms with Crippen LogP contribution in [-0.4, -0.2) is 41.5 Å². The molecule has 0 saturated carbocycles. The summed E-state index contributed by atoms with van der Waals surface area (Å²) in [6, 6.07) is 10.5. The average molecular weight is 506 g/mol. The predicted octanol–water partition coefficient (Wildman–Crippen LogP) is 5.54. The van der Waals surface area contributed by atoms with Gasteiger partial charge in [0.15, 0.2) is 0 Å². The minimum atomic E-state index is -0.644. The summed E-state index contributed by atoms with van der Waals surface area (Å²) in [5.41, 5.74) is 3.52. The highest BCUT2D eigenvalue weighted by atomic mass is 35.5. The Morgan fingerprint density at radius 1 is 1.24 bits per heavy atom. The Hall–Kier alpha value is -2.39. The number of carbonyl (C=O) groups is 1. The summed E-state index contributed by atoms with van der Waals surface area (Å²) in [6.07, 6.45) is 1.78. The van der Waals surface area contributed by atoms with Gasteiger partial charge in [0.1, 0.15) is 11.6 Å². The van der Waals surface area contributed by atoms with Gasteiger partial charge in [-0.3, -0.25) is 9.69 Å². The molecule has 1 unspecified atom stereocenters. The number of nitrogens with zero attached hydrogens (tertiary/aromatic N) is 2. The second-order valence-electron chi connectivity index (χ2n) is 8.30. The van der Waals surface area contributed by atoms with Gasteiger partial charge < -0.3 is 10.1 Å². The Morgan fingerprint density at radius 3 is 2.62 bits per heavy atom. The fraction of sp³-hybridized carbons (Fsp3) is 0.360. The van der Waals surface area contributed by atoms with Gasteiger partial charge in [-0.2, -0.15) is 0 Å². The summed E-state index contributed by atoms with van der Waals surface area (Å²) < 4.78 is 33.3. The van der Waals surface area contributed by atoms with Crippen molar-refractivity contribution in [3.63, 3.8) is 0 Å². The number of carbonyl (C=O) groups excluding carboxylic acids is 1. The van der Waals surface area contributed by atoms with Crippen molar-refractivity contribution in [2.75, 3.05) is 19.6 Å². The van der Waals surface area contributed by atoms with E-state index >= 15 is 0 Å². The lowest BCUT2D eigenvalue weighted by Gasteiger charge is -2.37. The molecule has 0 bridgehead atoms. The Bertz CT molecular complexity index is 1100. The molecule has 1 atom stereocenters. The minimum absolute atomic E-state index is 0.0833. The van der Waals surface area contributed by atoms with Gasteiger partial charge in [0.05, 0.1) is 40.5 Å². The molecule has 2 aromatic carbocycles. The van der Waals surface area contributed by atoms with Crippen LogP contribution >= 0.6 is 22.9 Å². The van der Waals surface area contributed by atoms with Gasteiger partial charge in [-0.15, -0.1) is 11.3 Å². The number of rotatable bonds is 8. The van der Waals surface area contributed by atoms with E-state index in [4.69, 9.17) is 16.3 Å². The molecule has 1 aliphatic heterocycles. The Labute approximate surface area is 206 Å². The lowest BCUT2D eigenvalue weighted by Crippen LogP contribution is -2.43. The number of halogens is 3. The van der Waals surface area contributed by atoms with Crippen LogP contribution in [0.3, 0.4) is 0 Å². The van der Waals surface area contributed by atoms with Crippen molar-refractivity contribution in [2.45, 2.75) is 38.5 Å². The van der Waals surface area contributed by atoms with Gasteiger partial charge in [0.25, 0.3) is 5.91 Å². The first-order valence-electron chi connectivity index (χ1n) is 11.1. The molecular weight excluding hydrogens is 480 g/mol. The number of benzene rings is 2. The van der Waals surface area contributed by atoms with Gasteiger partial charge in [-0.1, -0.05) is 29.8 Å². The van der Waals surface area contributed by atoms with Crippen molar-refractivity contribution >= 4 is 28.8 Å². The van der Waals surface area contributed by atoms with Crippen molar-refractivity contribution in [2.24, 2.45) is 0 Å². The number of thiazole rings is 1. The molecule has 34 heavy (non-hydrogen) atoms. The molecule has 0 spiro atoms. The fourth-order valence-corrected chi connectivity index (χ4v) is 5.35. The first kappa shape index (κ1) is 24.7. The number of hydrogen-bond acceptors (Lipinski definition) is 5. The number of amides is 1. The smallest absolute Gasteiger partial charge is 0.255 e. The zero-order valence-electron chi connectivity index (χ0n) is 18.8. The second kappa shape index (κ2) is 11.4. The van der Waals surface area contributed by atoms with E-state index in [1.54, 1.807) is 29.0 Å². The van der Waals surface area contributed by atoms with E-state index in [-0.39, 0.29) is 28.5 Å². The van der Waals surface area contributed by atoms with Crippen molar-refractivity contribution < 1.29 is 18.3 Å². The van der Waals surface area contributed by atoms with Gasteiger partial charge >= 0.3 is 0 Å². The Morgan fingerprint density at radius 2 is 1.97 bits per heavy atom. The summed E-state index contributed by atoms with van der Waals surface area (Å²) in [4.78, 5) is 20.5. The third-order valence-corrected chi connectivity index (χ3v) is 7.39. The van der Waals surface area contributed by atoms with Crippen molar-refractivity contribution in [1.82, 2.24) is 15.2 Å². The highest BCUT2D eigenvalue weighted by molar-refractivity contribution is 7.09. The largest absolute Gasteiger partial charge is 0.373 e. The molecule has 180 valence electrons. The topological polar surface area (TPSA) is 54.5 Å². The molecule has 0 aliphatic carbocycles. The normalized spacial score (nSPS) is 15.9. The molecule has 1 aromatic heterocycles. The highest BCUT2D eigenvalue weighted by Crippen LogP contribution is 2.30. The molecule has 0 radical (unpaired) electrons. The lowest BCUT2D eigenvalue weighted by atomic mass is 10.0. The maximum Gasteiger partial charge on any atom is 0.255 e. The summed E-state index contributed by atoms with van der Waals surface area (Å²) >= 11 is 7.61. The van der Waals surface area contributed by atoms with Crippen LogP contribution in [0.4, 0.5) is 8.78 Å². The molecule has 2 heterocycles. The van der Waals surface area contributed by atoms with E-state index in [1.807, 2.05) is 6.92 Å². The third kappa shape index (κ3) is 5.99. The monoisotopic (exact) mass is 505 g/mol. The average Bonchev–Trinajstić information content (AvgIpc) is 3.25. The zero-order valence-corrected chi connectivity index (χ0v) is 20.3. The van der Waals surface area contributed by atoms with Crippen molar-refractivity contribution in [3.05, 3.63) is 86.3 Å². The van der Waals surface area contributed by atoms with E-state index in [9.17, 15) is 13.6 Å². The van der Waals surface area contributed by atoms with Gasteiger partial charge in [-0.25, -0.2) is 13.8 Å². The van der Waals surface area contributed by atoms with Crippen LogP contribution in [0, 0.1) is 18.6 Å². The molecule has 1 saturated heterocycles. The summed E-state index contributed by atoms with van der Waals surface area (Å²) in [5, 5.41) is 2.95. The molecule has 1 amide bonds. The number of aromatic nitrogens is 1. The van der Waals surface area contributed by atoms with E-state index in [1.165, 1.54) is 30.3 Å². The third-order valence-electron chi connectivity index (χ3n) is 6.05. The molecular formula is C25H26ClF2N3O2S. The van der Waals surface area contributed by atoms with Crippen LogP contribution in [0.15, 0.2) is 48.0 Å². The highest BCUT2D eigenvalue weighted by Gasteiger charge is 2.29. The maximum absolute atomic E-state index is 14.2. The maximum atomic E-state index is 14.2.